The van der Waals surface area contributed by atoms with Crippen LogP contribution in [0.4, 0.5) is 0 Å². The molecule has 0 aromatic heterocycles. The molecule has 1 aliphatic rings. The molecular weight excluding hydrogens is 256 g/mol. The zero-order chi connectivity index (χ0) is 14.7. The Morgan fingerprint density at radius 2 is 1.67 bits per heavy atom. The summed E-state index contributed by atoms with van der Waals surface area (Å²) in [6.07, 6.45) is 0.918. The van der Waals surface area contributed by atoms with Crippen LogP contribution in [0.2, 0.25) is 0 Å². The van der Waals surface area contributed by atoms with Gasteiger partial charge in [-0.15, -0.1) is 0 Å². The molecule has 0 fully saturated rings. The van der Waals surface area contributed by atoms with Gasteiger partial charge in [-0.05, 0) is 83.7 Å². The summed E-state index contributed by atoms with van der Waals surface area (Å²) >= 11 is 0. The second-order valence-electron chi connectivity index (χ2n) is 6.13. The fourth-order valence-electron chi connectivity index (χ4n) is 3.65. The van der Waals surface area contributed by atoms with Gasteiger partial charge in [0.15, 0.2) is 0 Å². The van der Waals surface area contributed by atoms with E-state index in [0.717, 1.165) is 11.8 Å². The van der Waals surface area contributed by atoms with E-state index in [0.29, 0.717) is 5.75 Å². The lowest BCUT2D eigenvalue weighted by Crippen LogP contribution is -1.93. The van der Waals surface area contributed by atoms with Crippen molar-refractivity contribution in [1.82, 2.24) is 0 Å². The van der Waals surface area contributed by atoms with E-state index in [2.05, 4.69) is 51.1 Å². The molecule has 1 nitrogen and oxygen atoms in total. The van der Waals surface area contributed by atoms with E-state index in [1.807, 2.05) is 6.07 Å². The van der Waals surface area contributed by atoms with Crippen molar-refractivity contribution in [2.24, 2.45) is 0 Å². The van der Waals surface area contributed by atoms with Crippen molar-refractivity contribution in [1.29, 1.82) is 0 Å². The SMILES string of the molecule is Cc1cc2c(O)cc3c(c2c(C)c1C)-c1ccccc1C3. The van der Waals surface area contributed by atoms with Crippen LogP contribution in [0, 0.1) is 20.8 Å². The molecule has 0 radical (unpaired) electrons. The average molecular weight is 274 g/mol. The van der Waals surface area contributed by atoms with Gasteiger partial charge < -0.3 is 5.11 Å². The molecule has 0 spiro atoms. The summed E-state index contributed by atoms with van der Waals surface area (Å²) in [6, 6.07) is 12.7. The highest BCUT2D eigenvalue weighted by Crippen LogP contribution is 2.46. The molecule has 4 rings (SSSR count). The molecule has 0 amide bonds. The van der Waals surface area contributed by atoms with Gasteiger partial charge in [-0.3, -0.25) is 0 Å². The van der Waals surface area contributed by atoms with Gasteiger partial charge in [-0.2, -0.15) is 0 Å². The van der Waals surface area contributed by atoms with Crippen LogP contribution in [-0.2, 0) is 6.42 Å². The molecule has 3 aromatic rings. The van der Waals surface area contributed by atoms with E-state index >= 15 is 0 Å². The molecule has 1 N–H and O–H groups in total. The minimum absolute atomic E-state index is 0.405. The van der Waals surface area contributed by atoms with E-state index in [-0.39, 0.29) is 0 Å². The number of hydrogen-bond acceptors (Lipinski definition) is 1. The Labute approximate surface area is 124 Å². The van der Waals surface area contributed by atoms with E-state index in [4.69, 9.17) is 0 Å². The van der Waals surface area contributed by atoms with Gasteiger partial charge in [0, 0.05) is 5.39 Å². The molecule has 104 valence electrons. The van der Waals surface area contributed by atoms with Crippen LogP contribution >= 0.6 is 0 Å². The second-order valence-corrected chi connectivity index (χ2v) is 6.13. The zero-order valence-corrected chi connectivity index (χ0v) is 12.6. The molecule has 1 heteroatoms. The van der Waals surface area contributed by atoms with Crippen molar-refractivity contribution in [3.63, 3.8) is 0 Å². The van der Waals surface area contributed by atoms with E-state index < -0.39 is 0 Å². The molecule has 1 aliphatic carbocycles. The number of hydrogen-bond donors (Lipinski definition) is 1. The quantitative estimate of drug-likeness (QED) is 0.476. The third kappa shape index (κ3) is 1.58. The van der Waals surface area contributed by atoms with Crippen LogP contribution < -0.4 is 0 Å². The van der Waals surface area contributed by atoms with Crippen molar-refractivity contribution >= 4 is 10.8 Å². The Morgan fingerprint density at radius 1 is 0.905 bits per heavy atom. The lowest BCUT2D eigenvalue weighted by Gasteiger charge is -2.15. The Bertz CT molecular complexity index is 904. The normalized spacial score (nSPS) is 12.5. The minimum Gasteiger partial charge on any atom is -0.507 e. The summed E-state index contributed by atoms with van der Waals surface area (Å²) < 4.78 is 0. The summed E-state index contributed by atoms with van der Waals surface area (Å²) in [5, 5.41) is 12.7. The highest BCUT2D eigenvalue weighted by atomic mass is 16.3. The second kappa shape index (κ2) is 4.11. The first kappa shape index (κ1) is 12.5. The fourth-order valence-corrected chi connectivity index (χ4v) is 3.65. The maximum absolute atomic E-state index is 10.5. The van der Waals surface area contributed by atoms with Gasteiger partial charge >= 0.3 is 0 Å². The molecule has 0 unspecified atom stereocenters. The fraction of sp³-hybridized carbons (Fsp3) is 0.200. The summed E-state index contributed by atoms with van der Waals surface area (Å²) in [7, 11) is 0. The number of fused-ring (bicyclic) bond motifs is 5. The van der Waals surface area contributed by atoms with Crippen LogP contribution in [0.15, 0.2) is 36.4 Å². The molecule has 21 heavy (non-hydrogen) atoms. The van der Waals surface area contributed by atoms with Crippen LogP contribution in [0.3, 0.4) is 0 Å². The molecule has 0 saturated heterocycles. The maximum Gasteiger partial charge on any atom is 0.123 e. The average Bonchev–Trinajstić information content (AvgIpc) is 2.83. The summed E-state index contributed by atoms with van der Waals surface area (Å²) in [5.74, 6) is 0.405. The lowest BCUT2D eigenvalue weighted by atomic mass is 9.90. The van der Waals surface area contributed by atoms with Gasteiger partial charge in [-0.25, -0.2) is 0 Å². The number of phenols is 1. The van der Waals surface area contributed by atoms with Crippen molar-refractivity contribution < 1.29 is 5.11 Å². The van der Waals surface area contributed by atoms with Gasteiger partial charge in [-0.1, -0.05) is 24.3 Å². The van der Waals surface area contributed by atoms with E-state index in [1.165, 1.54) is 44.3 Å². The highest BCUT2D eigenvalue weighted by molar-refractivity contribution is 6.06. The Morgan fingerprint density at radius 3 is 2.48 bits per heavy atom. The maximum atomic E-state index is 10.5. The van der Waals surface area contributed by atoms with Gasteiger partial charge in [0.2, 0.25) is 0 Å². The minimum atomic E-state index is 0.405. The molecule has 3 aromatic carbocycles. The largest absolute Gasteiger partial charge is 0.507 e. The molecule has 0 saturated carbocycles. The predicted octanol–water partition coefficient (Wildman–Crippen LogP) is 5.04. The lowest BCUT2D eigenvalue weighted by molar-refractivity contribution is 0.481. The summed E-state index contributed by atoms with van der Waals surface area (Å²) in [6.45, 7) is 6.45. The van der Waals surface area contributed by atoms with Gasteiger partial charge in [0.25, 0.3) is 0 Å². The molecular formula is C20H18O. The standard InChI is InChI=1S/C20H18O/c1-11-8-17-18(21)10-15-9-14-6-4-5-7-16(14)20(15)19(17)13(3)12(11)2/h4-8,10,21H,9H2,1-3H3. The molecule has 0 bridgehead atoms. The van der Waals surface area contributed by atoms with Crippen LogP contribution in [0.5, 0.6) is 5.75 Å². The van der Waals surface area contributed by atoms with Crippen molar-refractivity contribution in [2.45, 2.75) is 27.2 Å². The number of rotatable bonds is 0. The van der Waals surface area contributed by atoms with Crippen LogP contribution in [-0.4, -0.2) is 5.11 Å². The first-order chi connectivity index (χ1) is 10.1. The highest BCUT2D eigenvalue weighted by Gasteiger charge is 2.23. The van der Waals surface area contributed by atoms with Crippen LogP contribution in [0.1, 0.15) is 27.8 Å². The summed E-state index contributed by atoms with van der Waals surface area (Å²) in [4.78, 5) is 0. The molecule has 0 atom stereocenters. The topological polar surface area (TPSA) is 20.2 Å². The number of aromatic hydroxyl groups is 1. The number of phenolic OH excluding ortho intramolecular Hbond substituents is 1. The summed E-state index contributed by atoms with van der Waals surface area (Å²) in [5.41, 5.74) is 9.09. The van der Waals surface area contributed by atoms with Crippen LogP contribution in [0.25, 0.3) is 21.9 Å². The zero-order valence-electron chi connectivity index (χ0n) is 12.6. The third-order valence-corrected chi connectivity index (χ3v) is 4.98. The predicted molar refractivity (Wildman–Crippen MR) is 88.1 cm³/mol. The Balaban J connectivity index is 2.23. The Kier molecular flexibility index (Phi) is 2.44. The Hall–Kier alpha value is -2.28. The van der Waals surface area contributed by atoms with Crippen molar-refractivity contribution in [3.8, 4) is 16.9 Å². The first-order valence-electron chi connectivity index (χ1n) is 7.41. The van der Waals surface area contributed by atoms with Crippen molar-refractivity contribution in [2.75, 3.05) is 0 Å². The molecule has 0 heterocycles. The first-order valence-corrected chi connectivity index (χ1v) is 7.41. The number of aryl methyl sites for hydroxylation is 2. The smallest absolute Gasteiger partial charge is 0.123 e. The van der Waals surface area contributed by atoms with Gasteiger partial charge in [0.05, 0.1) is 0 Å². The molecule has 0 aliphatic heterocycles. The van der Waals surface area contributed by atoms with Crippen molar-refractivity contribution in [3.05, 3.63) is 64.2 Å². The number of benzene rings is 3. The van der Waals surface area contributed by atoms with Gasteiger partial charge in [0.1, 0.15) is 5.75 Å². The van der Waals surface area contributed by atoms with E-state index in [9.17, 15) is 5.11 Å². The third-order valence-electron chi connectivity index (χ3n) is 4.98. The monoisotopic (exact) mass is 274 g/mol. The van der Waals surface area contributed by atoms with E-state index in [1.54, 1.807) is 0 Å².